The Morgan fingerprint density at radius 3 is 2.33 bits per heavy atom. The normalized spacial score (nSPS) is 13.1. The van der Waals surface area contributed by atoms with Crippen LogP contribution in [-0.2, 0) is 9.59 Å². The summed E-state index contributed by atoms with van der Waals surface area (Å²) in [7, 11) is 0. The highest BCUT2D eigenvalue weighted by atomic mass is 32.2. The molecule has 6 heteroatoms. The molecule has 0 fully saturated rings. The highest BCUT2D eigenvalue weighted by molar-refractivity contribution is 7.98. The van der Waals surface area contributed by atoms with Crippen molar-refractivity contribution in [1.29, 1.82) is 0 Å². The van der Waals surface area contributed by atoms with Crippen molar-refractivity contribution in [2.24, 2.45) is 11.1 Å². The number of aliphatic carboxylic acids is 1. The van der Waals surface area contributed by atoms with E-state index in [1.54, 1.807) is 11.8 Å². The average molecular weight is 276 g/mol. The SMILES string of the molecule is CCC(CC)(CNC(=O)[C@@H](N)CCSC)C(=O)O. The molecule has 0 unspecified atom stereocenters. The standard InChI is InChI=1S/C12H24N2O3S/c1-4-12(5-2,11(16)17)8-14-10(15)9(13)6-7-18-3/h9H,4-8,13H2,1-3H3,(H,14,15)(H,16,17)/t9-/m0/s1. The van der Waals surface area contributed by atoms with Gasteiger partial charge in [0.2, 0.25) is 5.91 Å². The Morgan fingerprint density at radius 2 is 1.94 bits per heavy atom. The van der Waals surface area contributed by atoms with Gasteiger partial charge in [0.25, 0.3) is 0 Å². The molecule has 5 nitrogen and oxygen atoms in total. The minimum absolute atomic E-state index is 0.140. The summed E-state index contributed by atoms with van der Waals surface area (Å²) >= 11 is 1.63. The molecule has 106 valence electrons. The Kier molecular flexibility index (Phi) is 8.02. The van der Waals surface area contributed by atoms with Gasteiger partial charge in [0, 0.05) is 6.54 Å². The summed E-state index contributed by atoms with van der Waals surface area (Å²) < 4.78 is 0. The van der Waals surface area contributed by atoms with Gasteiger partial charge in [-0.3, -0.25) is 9.59 Å². The first-order valence-electron chi connectivity index (χ1n) is 6.19. The van der Waals surface area contributed by atoms with Crippen molar-refractivity contribution in [2.45, 2.75) is 39.2 Å². The molecular formula is C12H24N2O3S. The Hall–Kier alpha value is -0.750. The zero-order chi connectivity index (χ0) is 14.2. The molecular weight excluding hydrogens is 252 g/mol. The molecule has 0 aromatic carbocycles. The van der Waals surface area contributed by atoms with Gasteiger partial charge >= 0.3 is 5.97 Å². The number of rotatable bonds is 9. The third-order valence-electron chi connectivity index (χ3n) is 3.38. The second-order valence-corrected chi connectivity index (χ2v) is 5.38. The Morgan fingerprint density at radius 1 is 1.39 bits per heavy atom. The predicted molar refractivity (Wildman–Crippen MR) is 74.6 cm³/mol. The van der Waals surface area contributed by atoms with Crippen molar-refractivity contribution < 1.29 is 14.7 Å². The van der Waals surface area contributed by atoms with Crippen LogP contribution >= 0.6 is 11.8 Å². The molecule has 0 rings (SSSR count). The largest absolute Gasteiger partial charge is 0.481 e. The van der Waals surface area contributed by atoms with Crippen LogP contribution in [0.4, 0.5) is 0 Å². The lowest BCUT2D eigenvalue weighted by atomic mass is 9.82. The fourth-order valence-electron chi connectivity index (χ4n) is 1.64. The zero-order valence-electron chi connectivity index (χ0n) is 11.4. The number of carbonyl (C=O) groups excluding carboxylic acids is 1. The van der Waals surface area contributed by atoms with E-state index in [2.05, 4.69) is 5.32 Å². The fourth-order valence-corrected chi connectivity index (χ4v) is 2.13. The number of nitrogens with one attached hydrogen (secondary N) is 1. The summed E-state index contributed by atoms with van der Waals surface area (Å²) in [5.41, 5.74) is 4.84. The third-order valence-corrected chi connectivity index (χ3v) is 4.02. The van der Waals surface area contributed by atoms with E-state index < -0.39 is 17.4 Å². The maximum atomic E-state index is 11.7. The highest BCUT2D eigenvalue weighted by Gasteiger charge is 2.35. The first-order valence-corrected chi connectivity index (χ1v) is 7.58. The number of carboxylic acids is 1. The zero-order valence-corrected chi connectivity index (χ0v) is 12.2. The van der Waals surface area contributed by atoms with Crippen LogP contribution in [0.15, 0.2) is 0 Å². The van der Waals surface area contributed by atoms with Gasteiger partial charge in [0.05, 0.1) is 11.5 Å². The lowest BCUT2D eigenvalue weighted by Crippen LogP contribution is -2.47. The molecule has 1 atom stereocenters. The monoisotopic (exact) mass is 276 g/mol. The Bertz CT molecular complexity index is 280. The molecule has 0 aliphatic heterocycles. The predicted octanol–water partition coefficient (Wildman–Crippen LogP) is 1.07. The lowest BCUT2D eigenvalue weighted by Gasteiger charge is -2.27. The average Bonchev–Trinajstić information content (AvgIpc) is 2.36. The number of nitrogens with two attached hydrogens (primary N) is 1. The molecule has 1 amide bonds. The van der Waals surface area contributed by atoms with Gasteiger partial charge < -0.3 is 16.2 Å². The molecule has 18 heavy (non-hydrogen) atoms. The van der Waals surface area contributed by atoms with E-state index >= 15 is 0 Å². The molecule has 0 aliphatic rings. The van der Waals surface area contributed by atoms with Crippen LogP contribution in [0.3, 0.4) is 0 Å². The lowest BCUT2D eigenvalue weighted by molar-refractivity contribution is -0.149. The van der Waals surface area contributed by atoms with Crippen LogP contribution in [0.1, 0.15) is 33.1 Å². The number of thioether (sulfide) groups is 1. The number of carboxylic acid groups (broad SMARTS) is 1. The quantitative estimate of drug-likeness (QED) is 0.586. The van der Waals surface area contributed by atoms with Gasteiger partial charge in [-0.15, -0.1) is 0 Å². The molecule has 0 heterocycles. The molecule has 0 aromatic heterocycles. The van der Waals surface area contributed by atoms with Crippen molar-refractivity contribution >= 4 is 23.6 Å². The molecule has 0 aliphatic carbocycles. The molecule has 0 saturated heterocycles. The molecule has 0 spiro atoms. The van der Waals surface area contributed by atoms with E-state index in [0.717, 1.165) is 5.75 Å². The van der Waals surface area contributed by atoms with Gasteiger partial charge in [-0.2, -0.15) is 11.8 Å². The van der Waals surface area contributed by atoms with Crippen molar-refractivity contribution in [1.82, 2.24) is 5.32 Å². The van der Waals surface area contributed by atoms with Gasteiger partial charge in [0.1, 0.15) is 0 Å². The summed E-state index contributed by atoms with van der Waals surface area (Å²) in [6, 6.07) is -0.558. The topological polar surface area (TPSA) is 92.4 Å². The molecule has 0 saturated carbocycles. The maximum absolute atomic E-state index is 11.7. The molecule has 4 N–H and O–H groups in total. The first kappa shape index (κ1) is 17.2. The van der Waals surface area contributed by atoms with Crippen LogP contribution in [0.2, 0.25) is 0 Å². The number of amides is 1. The number of hydrogen-bond acceptors (Lipinski definition) is 4. The second-order valence-electron chi connectivity index (χ2n) is 4.40. The Labute approximate surface area is 113 Å². The van der Waals surface area contributed by atoms with Gasteiger partial charge in [-0.25, -0.2) is 0 Å². The summed E-state index contributed by atoms with van der Waals surface area (Å²) in [5, 5.41) is 11.9. The summed E-state index contributed by atoms with van der Waals surface area (Å²) in [6.45, 7) is 3.77. The van der Waals surface area contributed by atoms with Gasteiger partial charge in [0.15, 0.2) is 0 Å². The van der Waals surface area contributed by atoms with Crippen LogP contribution in [0.5, 0.6) is 0 Å². The highest BCUT2D eigenvalue weighted by Crippen LogP contribution is 2.25. The minimum atomic E-state index is -0.880. The molecule has 0 aromatic rings. The van der Waals surface area contributed by atoms with Crippen LogP contribution in [0.25, 0.3) is 0 Å². The van der Waals surface area contributed by atoms with E-state index in [4.69, 9.17) is 5.73 Å². The van der Waals surface area contributed by atoms with E-state index in [0.29, 0.717) is 19.3 Å². The van der Waals surface area contributed by atoms with Crippen LogP contribution in [0, 0.1) is 5.41 Å². The Balaban J connectivity index is 4.36. The van der Waals surface area contributed by atoms with Crippen molar-refractivity contribution in [2.75, 3.05) is 18.6 Å². The smallest absolute Gasteiger partial charge is 0.311 e. The summed E-state index contributed by atoms with van der Waals surface area (Å²) in [6.07, 6.45) is 3.53. The summed E-state index contributed by atoms with van der Waals surface area (Å²) in [5.74, 6) is -0.317. The third kappa shape index (κ3) is 4.86. The first-order chi connectivity index (χ1) is 8.43. The molecule has 0 bridgehead atoms. The number of hydrogen-bond donors (Lipinski definition) is 3. The van der Waals surface area contributed by atoms with Crippen molar-refractivity contribution in [3.05, 3.63) is 0 Å². The van der Waals surface area contributed by atoms with Gasteiger partial charge in [-0.05, 0) is 31.3 Å². The fraction of sp³-hybridized carbons (Fsp3) is 0.833. The van der Waals surface area contributed by atoms with Crippen LogP contribution in [-0.4, -0.2) is 41.6 Å². The summed E-state index contributed by atoms with van der Waals surface area (Å²) in [4.78, 5) is 23.0. The number of carbonyl (C=O) groups is 2. The van der Waals surface area contributed by atoms with Crippen molar-refractivity contribution in [3.63, 3.8) is 0 Å². The molecule has 0 radical (unpaired) electrons. The van der Waals surface area contributed by atoms with E-state index in [9.17, 15) is 14.7 Å². The van der Waals surface area contributed by atoms with Gasteiger partial charge in [-0.1, -0.05) is 13.8 Å². The van der Waals surface area contributed by atoms with E-state index in [-0.39, 0.29) is 12.5 Å². The van der Waals surface area contributed by atoms with E-state index in [1.165, 1.54) is 0 Å². The second kappa shape index (κ2) is 8.37. The van der Waals surface area contributed by atoms with Crippen molar-refractivity contribution in [3.8, 4) is 0 Å². The minimum Gasteiger partial charge on any atom is -0.481 e. The van der Waals surface area contributed by atoms with E-state index in [1.807, 2.05) is 20.1 Å². The van der Waals surface area contributed by atoms with Crippen LogP contribution < -0.4 is 11.1 Å². The maximum Gasteiger partial charge on any atom is 0.311 e.